The highest BCUT2D eigenvalue weighted by Gasteiger charge is 2.27. The monoisotopic (exact) mass is 315 g/mol. The van der Waals surface area contributed by atoms with Crippen molar-refractivity contribution in [3.05, 3.63) is 28.3 Å². The van der Waals surface area contributed by atoms with Crippen molar-refractivity contribution in [3.8, 4) is 0 Å². The Morgan fingerprint density at radius 1 is 1.43 bits per heavy atom. The molecule has 8 nitrogen and oxygen atoms in total. The number of nitrogens with zero attached hydrogens (tertiary/aromatic N) is 1. The van der Waals surface area contributed by atoms with Gasteiger partial charge in [-0.2, -0.15) is 0 Å². The molecule has 0 radical (unpaired) electrons. The van der Waals surface area contributed by atoms with Gasteiger partial charge >= 0.3 is 0 Å². The van der Waals surface area contributed by atoms with E-state index < -0.39 is 25.5 Å². The quantitative estimate of drug-likeness (QED) is 0.475. The van der Waals surface area contributed by atoms with Gasteiger partial charge in [0.25, 0.3) is 5.69 Å². The van der Waals surface area contributed by atoms with E-state index in [0.717, 1.165) is 31.4 Å². The number of hydrogen-bond acceptors (Lipinski definition) is 6. The number of rotatable bonds is 5. The van der Waals surface area contributed by atoms with Gasteiger partial charge in [-0.05, 0) is 31.4 Å². The van der Waals surface area contributed by atoms with Crippen LogP contribution in [0.3, 0.4) is 0 Å². The van der Waals surface area contributed by atoms with Crippen LogP contribution in [-0.4, -0.2) is 32.6 Å². The van der Waals surface area contributed by atoms with Crippen molar-refractivity contribution in [1.29, 1.82) is 0 Å². The molecule has 0 bridgehead atoms. The van der Waals surface area contributed by atoms with Gasteiger partial charge in [-0.1, -0.05) is 0 Å². The molecule has 3 N–H and O–H groups in total. The Bertz CT molecular complexity index is 626. The summed E-state index contributed by atoms with van der Waals surface area (Å²) in [5, 5.41) is 11.0. The second-order valence-electron chi connectivity index (χ2n) is 4.82. The second kappa shape index (κ2) is 6.37. The van der Waals surface area contributed by atoms with E-state index in [1.165, 1.54) is 6.07 Å². The summed E-state index contributed by atoms with van der Waals surface area (Å²) in [5.74, 6) is 0. The molecule has 0 aliphatic carbocycles. The van der Waals surface area contributed by atoms with Crippen molar-refractivity contribution in [2.75, 3.05) is 18.9 Å². The van der Waals surface area contributed by atoms with Crippen LogP contribution in [0.25, 0.3) is 0 Å². The number of hydrogen-bond donors (Lipinski definition) is 2. The minimum atomic E-state index is -3.98. The highest BCUT2D eigenvalue weighted by Crippen LogP contribution is 2.26. The van der Waals surface area contributed by atoms with Crippen molar-refractivity contribution in [2.45, 2.75) is 30.3 Å². The van der Waals surface area contributed by atoms with Gasteiger partial charge in [-0.3, -0.25) is 10.1 Å². The van der Waals surface area contributed by atoms with E-state index in [4.69, 9.17) is 10.5 Å². The van der Waals surface area contributed by atoms with Crippen LogP contribution >= 0.6 is 0 Å². The average molecular weight is 315 g/mol. The van der Waals surface area contributed by atoms with E-state index in [1.54, 1.807) is 0 Å². The van der Waals surface area contributed by atoms with E-state index in [1.807, 2.05) is 0 Å². The van der Waals surface area contributed by atoms with Crippen molar-refractivity contribution in [2.24, 2.45) is 0 Å². The number of ether oxygens (including phenoxy) is 1. The Labute approximate surface area is 122 Å². The van der Waals surface area contributed by atoms with E-state index in [2.05, 4.69) is 4.72 Å². The number of nitro groups is 1. The van der Waals surface area contributed by atoms with Crippen molar-refractivity contribution >= 4 is 21.4 Å². The summed E-state index contributed by atoms with van der Waals surface area (Å²) in [5.41, 5.74) is 5.06. The molecule has 0 spiro atoms. The number of nitrogen functional groups attached to an aromatic ring is 1. The Balaban J connectivity index is 2.17. The highest BCUT2D eigenvalue weighted by atomic mass is 32.2. The maximum Gasteiger partial charge on any atom is 0.291 e. The molecule has 1 heterocycles. The normalized spacial score (nSPS) is 19.3. The summed E-state index contributed by atoms with van der Waals surface area (Å²) in [7, 11) is -3.98. The van der Waals surface area contributed by atoms with Crippen LogP contribution in [0.4, 0.5) is 11.4 Å². The largest absolute Gasteiger partial charge is 0.399 e. The molecule has 1 aromatic rings. The van der Waals surface area contributed by atoms with E-state index >= 15 is 0 Å². The molecule has 2 rings (SSSR count). The van der Waals surface area contributed by atoms with Gasteiger partial charge in [0.2, 0.25) is 10.0 Å². The third kappa shape index (κ3) is 3.90. The van der Waals surface area contributed by atoms with E-state index in [9.17, 15) is 18.5 Å². The molecule has 21 heavy (non-hydrogen) atoms. The minimum Gasteiger partial charge on any atom is -0.399 e. The SMILES string of the molecule is Nc1ccc(S(=O)(=O)NCC2CCCCO2)c([N+](=O)[O-])c1. The molecule has 1 aliphatic rings. The predicted octanol–water partition coefficient (Wildman–Crippen LogP) is 1.02. The van der Waals surface area contributed by atoms with Crippen LogP contribution in [0.2, 0.25) is 0 Å². The lowest BCUT2D eigenvalue weighted by atomic mass is 10.1. The molecule has 1 unspecified atom stereocenters. The summed E-state index contributed by atoms with van der Waals surface area (Å²) < 4.78 is 32.2. The molecule has 116 valence electrons. The maximum absolute atomic E-state index is 12.2. The third-order valence-electron chi connectivity index (χ3n) is 3.24. The first-order chi connectivity index (χ1) is 9.90. The zero-order chi connectivity index (χ0) is 15.5. The van der Waals surface area contributed by atoms with E-state index in [-0.39, 0.29) is 18.3 Å². The first-order valence-corrected chi connectivity index (χ1v) is 8.03. The van der Waals surface area contributed by atoms with Crippen LogP contribution in [0.15, 0.2) is 23.1 Å². The third-order valence-corrected chi connectivity index (χ3v) is 4.72. The topological polar surface area (TPSA) is 125 Å². The fraction of sp³-hybridized carbons (Fsp3) is 0.500. The summed E-state index contributed by atoms with van der Waals surface area (Å²) >= 11 is 0. The Morgan fingerprint density at radius 2 is 2.19 bits per heavy atom. The molecule has 0 aromatic heterocycles. The number of sulfonamides is 1. The van der Waals surface area contributed by atoms with Crippen LogP contribution in [0.1, 0.15) is 19.3 Å². The van der Waals surface area contributed by atoms with E-state index in [0.29, 0.717) is 6.61 Å². The zero-order valence-corrected chi connectivity index (χ0v) is 12.1. The fourth-order valence-electron chi connectivity index (χ4n) is 2.15. The van der Waals surface area contributed by atoms with Gasteiger partial charge in [-0.25, -0.2) is 13.1 Å². The Morgan fingerprint density at radius 3 is 2.81 bits per heavy atom. The first kappa shape index (κ1) is 15.7. The molecule has 0 amide bonds. The number of nitro benzene ring substituents is 1. The summed E-state index contributed by atoms with van der Waals surface area (Å²) in [6.07, 6.45) is 2.52. The average Bonchev–Trinajstić information content (AvgIpc) is 2.46. The molecule has 9 heteroatoms. The standard InChI is InChI=1S/C12H17N3O5S/c13-9-4-5-12(11(7-9)15(16)17)21(18,19)14-8-10-3-1-2-6-20-10/h4-5,7,10,14H,1-3,6,8,13H2. The summed E-state index contributed by atoms with van der Waals surface area (Å²) in [4.78, 5) is 9.81. The van der Waals surface area contributed by atoms with Gasteiger partial charge in [-0.15, -0.1) is 0 Å². The first-order valence-electron chi connectivity index (χ1n) is 6.55. The summed E-state index contributed by atoms with van der Waals surface area (Å²) in [6.45, 7) is 0.707. The summed E-state index contributed by atoms with van der Waals surface area (Å²) in [6, 6.07) is 3.49. The van der Waals surface area contributed by atoms with Gasteiger partial charge in [0.15, 0.2) is 4.90 Å². The smallest absolute Gasteiger partial charge is 0.291 e. The molecule has 1 fully saturated rings. The van der Waals surface area contributed by atoms with Crippen LogP contribution in [-0.2, 0) is 14.8 Å². The lowest BCUT2D eigenvalue weighted by Crippen LogP contribution is -2.35. The maximum atomic E-state index is 12.2. The van der Waals surface area contributed by atoms with Crippen molar-refractivity contribution in [1.82, 2.24) is 4.72 Å². The van der Waals surface area contributed by atoms with Gasteiger partial charge in [0.05, 0.1) is 11.0 Å². The van der Waals surface area contributed by atoms with Crippen LogP contribution in [0, 0.1) is 10.1 Å². The molecular weight excluding hydrogens is 298 g/mol. The van der Waals surface area contributed by atoms with Gasteiger partial charge in [0.1, 0.15) is 0 Å². The van der Waals surface area contributed by atoms with Gasteiger partial charge in [0, 0.05) is 24.9 Å². The van der Waals surface area contributed by atoms with Crippen LogP contribution < -0.4 is 10.5 Å². The Hall–Kier alpha value is -1.71. The number of nitrogens with two attached hydrogens (primary N) is 1. The minimum absolute atomic E-state index is 0.101. The molecule has 1 atom stereocenters. The van der Waals surface area contributed by atoms with Gasteiger partial charge < -0.3 is 10.5 Å². The lowest BCUT2D eigenvalue weighted by molar-refractivity contribution is -0.387. The number of anilines is 1. The molecule has 1 aliphatic heterocycles. The molecule has 1 saturated heterocycles. The lowest BCUT2D eigenvalue weighted by Gasteiger charge is -2.22. The number of nitrogens with one attached hydrogen (secondary N) is 1. The molecule has 1 aromatic carbocycles. The highest BCUT2D eigenvalue weighted by molar-refractivity contribution is 7.89. The van der Waals surface area contributed by atoms with Crippen LogP contribution in [0.5, 0.6) is 0 Å². The number of benzene rings is 1. The Kier molecular flexibility index (Phi) is 4.76. The fourth-order valence-corrected chi connectivity index (χ4v) is 3.37. The van der Waals surface area contributed by atoms with Crippen molar-refractivity contribution in [3.63, 3.8) is 0 Å². The molecule has 0 saturated carbocycles. The zero-order valence-electron chi connectivity index (χ0n) is 11.3. The van der Waals surface area contributed by atoms with Crippen molar-refractivity contribution < 1.29 is 18.1 Å². The molecular formula is C12H17N3O5S. The predicted molar refractivity (Wildman–Crippen MR) is 76.3 cm³/mol. The second-order valence-corrected chi connectivity index (χ2v) is 6.56.